The van der Waals surface area contributed by atoms with Gasteiger partial charge in [-0.1, -0.05) is 6.92 Å². The molecule has 2 N–H and O–H groups in total. The molecule has 88 valence electrons. The van der Waals surface area contributed by atoms with Crippen molar-refractivity contribution in [2.24, 2.45) is 0 Å². The highest BCUT2D eigenvalue weighted by atomic mass is 32.1. The van der Waals surface area contributed by atoms with Crippen molar-refractivity contribution in [1.29, 1.82) is 0 Å². The summed E-state index contributed by atoms with van der Waals surface area (Å²) < 4.78 is 1.54. The standard InChI is InChI=1S/C11H11N3O2S/c1-2-8-9(15)13-11(17)14(10(8)16)7-4-3-5-12-6-7/h3-6,16H,2H2,1H3,(H,13,15,17). The molecule has 2 heterocycles. The maximum atomic E-state index is 11.6. The first-order valence-corrected chi connectivity index (χ1v) is 5.53. The first-order valence-electron chi connectivity index (χ1n) is 5.12. The van der Waals surface area contributed by atoms with Gasteiger partial charge in [-0.2, -0.15) is 0 Å². The van der Waals surface area contributed by atoms with Gasteiger partial charge in [0.15, 0.2) is 4.77 Å². The number of hydrogen-bond donors (Lipinski definition) is 2. The molecule has 0 aliphatic heterocycles. The van der Waals surface area contributed by atoms with E-state index in [4.69, 9.17) is 12.2 Å². The third kappa shape index (κ3) is 1.99. The molecule has 5 nitrogen and oxygen atoms in total. The minimum Gasteiger partial charge on any atom is -0.494 e. The van der Waals surface area contributed by atoms with Crippen molar-refractivity contribution in [3.05, 3.63) is 45.2 Å². The number of aromatic nitrogens is 3. The fourth-order valence-corrected chi connectivity index (χ4v) is 1.89. The third-order valence-corrected chi connectivity index (χ3v) is 2.72. The Hall–Kier alpha value is -1.95. The van der Waals surface area contributed by atoms with Crippen molar-refractivity contribution in [1.82, 2.24) is 14.5 Å². The Labute approximate surface area is 102 Å². The second kappa shape index (κ2) is 4.50. The highest BCUT2D eigenvalue weighted by Gasteiger charge is 2.11. The number of nitrogens with one attached hydrogen (secondary N) is 1. The minimum absolute atomic E-state index is 0.130. The fourth-order valence-electron chi connectivity index (χ4n) is 1.61. The van der Waals surface area contributed by atoms with Crippen LogP contribution >= 0.6 is 12.2 Å². The molecular weight excluding hydrogens is 238 g/mol. The van der Waals surface area contributed by atoms with Gasteiger partial charge in [-0.25, -0.2) is 0 Å². The van der Waals surface area contributed by atoms with Crippen LogP contribution in [-0.4, -0.2) is 19.6 Å². The van der Waals surface area contributed by atoms with Gasteiger partial charge in [-0.15, -0.1) is 0 Å². The molecule has 0 bridgehead atoms. The number of H-pyrrole nitrogens is 1. The number of hydrogen-bond acceptors (Lipinski definition) is 4. The van der Waals surface area contributed by atoms with Gasteiger partial charge >= 0.3 is 0 Å². The molecule has 0 radical (unpaired) electrons. The number of aromatic hydroxyl groups is 1. The highest BCUT2D eigenvalue weighted by molar-refractivity contribution is 7.71. The molecule has 2 aromatic heterocycles. The molecule has 6 heteroatoms. The molecule has 0 unspecified atom stereocenters. The van der Waals surface area contributed by atoms with E-state index in [2.05, 4.69) is 9.97 Å². The van der Waals surface area contributed by atoms with Gasteiger partial charge in [-0.05, 0) is 30.8 Å². The molecule has 0 fully saturated rings. The van der Waals surface area contributed by atoms with Crippen LogP contribution in [0, 0.1) is 4.77 Å². The summed E-state index contributed by atoms with van der Waals surface area (Å²) in [5.74, 6) is -0.130. The zero-order valence-corrected chi connectivity index (χ0v) is 9.99. The lowest BCUT2D eigenvalue weighted by atomic mass is 10.2. The van der Waals surface area contributed by atoms with Crippen molar-refractivity contribution < 1.29 is 5.11 Å². The van der Waals surface area contributed by atoms with Crippen LogP contribution in [0.2, 0.25) is 0 Å². The van der Waals surface area contributed by atoms with Crippen molar-refractivity contribution in [2.45, 2.75) is 13.3 Å². The smallest absolute Gasteiger partial charge is 0.258 e. The summed E-state index contributed by atoms with van der Waals surface area (Å²) in [5, 5.41) is 10.1. The van der Waals surface area contributed by atoms with Crippen LogP contribution in [0.15, 0.2) is 29.3 Å². The summed E-state index contributed by atoms with van der Waals surface area (Å²) in [6.07, 6.45) is 3.61. The molecule has 0 spiro atoms. The normalized spacial score (nSPS) is 10.4. The third-order valence-electron chi connectivity index (χ3n) is 2.44. The van der Waals surface area contributed by atoms with Crippen LogP contribution in [0.3, 0.4) is 0 Å². The minimum atomic E-state index is -0.352. The lowest BCUT2D eigenvalue weighted by Gasteiger charge is -2.11. The first-order chi connectivity index (χ1) is 8.15. The van der Waals surface area contributed by atoms with Crippen molar-refractivity contribution in [3.8, 4) is 11.6 Å². The monoisotopic (exact) mass is 249 g/mol. The number of rotatable bonds is 2. The Morgan fingerprint density at radius 2 is 2.35 bits per heavy atom. The lowest BCUT2D eigenvalue weighted by molar-refractivity contribution is 0.426. The molecule has 2 aromatic rings. The summed E-state index contributed by atoms with van der Waals surface area (Å²) in [6.45, 7) is 1.79. The summed E-state index contributed by atoms with van der Waals surface area (Å²) in [7, 11) is 0. The van der Waals surface area contributed by atoms with Crippen molar-refractivity contribution in [3.63, 3.8) is 0 Å². The Kier molecular flexibility index (Phi) is 3.06. The number of aromatic amines is 1. The van der Waals surface area contributed by atoms with Gasteiger partial charge in [-0.3, -0.25) is 19.3 Å². The van der Waals surface area contributed by atoms with E-state index in [9.17, 15) is 9.90 Å². The topological polar surface area (TPSA) is 70.9 Å². The number of pyridine rings is 1. The Bertz CT molecular complexity index is 646. The summed E-state index contributed by atoms with van der Waals surface area (Å²) in [4.78, 5) is 18.0. The number of nitrogens with zero attached hydrogens (tertiary/aromatic N) is 2. The van der Waals surface area contributed by atoms with Crippen LogP contribution in [0.5, 0.6) is 5.88 Å². The average molecular weight is 249 g/mol. The fraction of sp³-hybridized carbons (Fsp3) is 0.182. The van der Waals surface area contributed by atoms with Gasteiger partial charge in [0.05, 0.1) is 17.4 Å². The van der Waals surface area contributed by atoms with Gasteiger partial charge in [0.1, 0.15) is 0 Å². The van der Waals surface area contributed by atoms with E-state index in [-0.39, 0.29) is 16.2 Å². The van der Waals surface area contributed by atoms with E-state index in [0.717, 1.165) is 0 Å². The molecule has 0 amide bonds. The molecular formula is C11H11N3O2S. The van der Waals surface area contributed by atoms with E-state index in [0.29, 0.717) is 17.7 Å². The SMILES string of the molecule is CCc1c(O)n(-c2cccnc2)c(=S)[nH]c1=O. The molecule has 0 saturated heterocycles. The van der Waals surface area contributed by atoms with Gasteiger partial charge in [0.2, 0.25) is 5.88 Å². The van der Waals surface area contributed by atoms with Crippen LogP contribution in [0.1, 0.15) is 12.5 Å². The molecule has 0 aliphatic rings. The summed E-state index contributed by atoms with van der Waals surface area (Å²) in [5.41, 5.74) is 0.568. The maximum absolute atomic E-state index is 11.6. The zero-order valence-electron chi connectivity index (χ0n) is 9.17. The zero-order chi connectivity index (χ0) is 12.4. The van der Waals surface area contributed by atoms with E-state index >= 15 is 0 Å². The summed E-state index contributed by atoms with van der Waals surface area (Å²) >= 11 is 5.04. The van der Waals surface area contributed by atoms with Crippen LogP contribution in [-0.2, 0) is 6.42 Å². The van der Waals surface area contributed by atoms with E-state index in [1.165, 1.54) is 4.57 Å². The van der Waals surface area contributed by atoms with Crippen molar-refractivity contribution in [2.75, 3.05) is 0 Å². The predicted octanol–water partition coefficient (Wildman–Crippen LogP) is 1.56. The second-order valence-electron chi connectivity index (χ2n) is 3.46. The van der Waals surface area contributed by atoms with Crippen LogP contribution in [0.25, 0.3) is 5.69 Å². The second-order valence-corrected chi connectivity index (χ2v) is 3.85. The molecule has 0 saturated carbocycles. The molecule has 0 atom stereocenters. The van der Waals surface area contributed by atoms with Gasteiger partial charge in [0, 0.05) is 6.20 Å². The van der Waals surface area contributed by atoms with E-state index in [1.807, 2.05) is 0 Å². The van der Waals surface area contributed by atoms with Gasteiger partial charge < -0.3 is 5.11 Å². The largest absolute Gasteiger partial charge is 0.494 e. The maximum Gasteiger partial charge on any atom is 0.258 e. The molecule has 0 aliphatic carbocycles. The van der Waals surface area contributed by atoms with E-state index in [1.54, 1.807) is 31.5 Å². The average Bonchev–Trinajstić information content (AvgIpc) is 2.30. The van der Waals surface area contributed by atoms with E-state index < -0.39 is 0 Å². The predicted molar refractivity (Wildman–Crippen MR) is 66.1 cm³/mol. The molecule has 2 rings (SSSR count). The highest BCUT2D eigenvalue weighted by Crippen LogP contribution is 2.18. The Balaban J connectivity index is 2.80. The van der Waals surface area contributed by atoms with Gasteiger partial charge in [0.25, 0.3) is 5.56 Å². The quantitative estimate of drug-likeness (QED) is 0.792. The van der Waals surface area contributed by atoms with Crippen LogP contribution in [0.4, 0.5) is 0 Å². The lowest BCUT2D eigenvalue weighted by Crippen LogP contribution is -2.17. The molecule has 0 aromatic carbocycles. The summed E-state index contributed by atoms with van der Waals surface area (Å²) in [6, 6.07) is 3.48. The van der Waals surface area contributed by atoms with Crippen LogP contribution < -0.4 is 5.56 Å². The first kappa shape index (κ1) is 11.5. The Morgan fingerprint density at radius 1 is 1.59 bits per heavy atom. The molecule has 17 heavy (non-hydrogen) atoms. The Morgan fingerprint density at radius 3 is 2.94 bits per heavy atom. The van der Waals surface area contributed by atoms with Crippen molar-refractivity contribution >= 4 is 12.2 Å².